The zero-order valence-electron chi connectivity index (χ0n) is 11.2. The first-order valence-corrected chi connectivity index (χ1v) is 6.60. The minimum Gasteiger partial charge on any atom is -0.381 e. The van der Waals surface area contributed by atoms with Gasteiger partial charge in [0.15, 0.2) is 0 Å². The fraction of sp³-hybridized carbons (Fsp3) is 0.235. The third-order valence-electron chi connectivity index (χ3n) is 3.22. The molecule has 2 aromatic rings. The summed E-state index contributed by atoms with van der Waals surface area (Å²) in [5, 5.41) is 12.1. The van der Waals surface area contributed by atoms with Crippen LogP contribution in [0.15, 0.2) is 48.5 Å². The monoisotopic (exact) mass is 250 g/mol. The summed E-state index contributed by atoms with van der Waals surface area (Å²) >= 11 is 0. The molecule has 2 heteroatoms. The van der Waals surface area contributed by atoms with Crippen molar-refractivity contribution in [1.82, 2.24) is 0 Å². The topological polar surface area (TPSA) is 35.8 Å². The summed E-state index contributed by atoms with van der Waals surface area (Å²) in [6.45, 7) is 3.01. The lowest BCUT2D eigenvalue weighted by molar-refractivity contribution is 1.04. The van der Waals surface area contributed by atoms with E-state index in [0.29, 0.717) is 6.42 Å². The van der Waals surface area contributed by atoms with E-state index >= 15 is 0 Å². The number of benzene rings is 2. The first-order valence-electron chi connectivity index (χ1n) is 6.60. The van der Waals surface area contributed by atoms with Crippen LogP contribution in [0.1, 0.15) is 23.6 Å². The Labute approximate surface area is 114 Å². The third kappa shape index (κ3) is 3.59. The molecule has 0 spiro atoms. The van der Waals surface area contributed by atoms with Gasteiger partial charge in [-0.2, -0.15) is 5.26 Å². The standard InChI is InChI=1S/C17H18N2/c1-2-15-5-3-4-6-16(15)13-19-17-9-7-14(8-10-17)11-12-18/h3-10,19H,2,11,13H2,1H3. The van der Waals surface area contributed by atoms with Gasteiger partial charge in [-0.15, -0.1) is 0 Å². The molecule has 0 aliphatic rings. The number of nitriles is 1. The number of nitrogens with zero attached hydrogens (tertiary/aromatic N) is 1. The van der Waals surface area contributed by atoms with Gasteiger partial charge in [0.1, 0.15) is 0 Å². The lowest BCUT2D eigenvalue weighted by Gasteiger charge is -2.10. The third-order valence-corrected chi connectivity index (χ3v) is 3.22. The fourth-order valence-corrected chi connectivity index (χ4v) is 2.10. The average Bonchev–Trinajstić information content (AvgIpc) is 2.47. The second kappa shape index (κ2) is 6.61. The smallest absolute Gasteiger partial charge is 0.0669 e. The zero-order valence-corrected chi connectivity index (χ0v) is 11.2. The second-order valence-electron chi connectivity index (χ2n) is 4.51. The molecular formula is C17H18N2. The molecule has 0 radical (unpaired) electrons. The van der Waals surface area contributed by atoms with Gasteiger partial charge in [0.25, 0.3) is 0 Å². The average molecular weight is 250 g/mol. The maximum absolute atomic E-state index is 8.63. The first-order chi connectivity index (χ1) is 9.33. The fourth-order valence-electron chi connectivity index (χ4n) is 2.10. The van der Waals surface area contributed by atoms with Crippen LogP contribution in [0.25, 0.3) is 0 Å². The van der Waals surface area contributed by atoms with E-state index in [1.54, 1.807) is 0 Å². The maximum atomic E-state index is 8.63. The molecule has 96 valence electrons. The minimum atomic E-state index is 0.471. The number of rotatable bonds is 5. The van der Waals surface area contributed by atoms with E-state index in [0.717, 1.165) is 24.2 Å². The summed E-state index contributed by atoms with van der Waals surface area (Å²) in [4.78, 5) is 0. The Hall–Kier alpha value is -2.27. The van der Waals surface area contributed by atoms with E-state index in [9.17, 15) is 0 Å². The summed E-state index contributed by atoms with van der Waals surface area (Å²) in [5.74, 6) is 0. The molecule has 0 unspecified atom stereocenters. The van der Waals surface area contributed by atoms with E-state index < -0.39 is 0 Å². The lowest BCUT2D eigenvalue weighted by atomic mass is 10.1. The van der Waals surface area contributed by atoms with Crippen LogP contribution in [0, 0.1) is 11.3 Å². The lowest BCUT2D eigenvalue weighted by Crippen LogP contribution is -2.02. The van der Waals surface area contributed by atoms with Gasteiger partial charge in [0.05, 0.1) is 12.5 Å². The van der Waals surface area contributed by atoms with E-state index in [-0.39, 0.29) is 0 Å². The Morgan fingerprint density at radius 3 is 2.32 bits per heavy atom. The van der Waals surface area contributed by atoms with Gasteiger partial charge in [-0.1, -0.05) is 43.3 Å². The van der Waals surface area contributed by atoms with Crippen molar-refractivity contribution in [2.24, 2.45) is 0 Å². The summed E-state index contributed by atoms with van der Waals surface area (Å²) in [5.41, 5.74) is 4.87. The van der Waals surface area contributed by atoms with Gasteiger partial charge in [-0.3, -0.25) is 0 Å². The molecule has 0 heterocycles. The van der Waals surface area contributed by atoms with E-state index in [1.807, 2.05) is 24.3 Å². The Morgan fingerprint density at radius 1 is 1.00 bits per heavy atom. The number of anilines is 1. The summed E-state index contributed by atoms with van der Waals surface area (Å²) in [6.07, 6.45) is 1.53. The van der Waals surface area contributed by atoms with Crippen molar-refractivity contribution in [3.8, 4) is 6.07 Å². The highest BCUT2D eigenvalue weighted by molar-refractivity contribution is 5.46. The van der Waals surface area contributed by atoms with Gasteiger partial charge in [0.2, 0.25) is 0 Å². The van der Waals surface area contributed by atoms with Crippen molar-refractivity contribution in [2.45, 2.75) is 26.3 Å². The van der Waals surface area contributed by atoms with Crippen LogP contribution in [-0.2, 0) is 19.4 Å². The predicted molar refractivity (Wildman–Crippen MR) is 78.9 cm³/mol. The molecule has 2 nitrogen and oxygen atoms in total. The first kappa shape index (κ1) is 13.2. The number of aryl methyl sites for hydroxylation is 1. The van der Waals surface area contributed by atoms with E-state index in [4.69, 9.17) is 5.26 Å². The Balaban J connectivity index is 2.00. The molecule has 1 N–H and O–H groups in total. The summed E-state index contributed by atoms with van der Waals surface area (Å²) in [7, 11) is 0. The van der Waals surface area contributed by atoms with E-state index in [2.05, 4.69) is 42.6 Å². The predicted octanol–water partition coefficient (Wildman–Crippen LogP) is 3.93. The normalized spacial score (nSPS) is 9.89. The largest absolute Gasteiger partial charge is 0.381 e. The van der Waals surface area contributed by atoms with Crippen LogP contribution >= 0.6 is 0 Å². The molecule has 2 aromatic carbocycles. The van der Waals surface area contributed by atoms with E-state index in [1.165, 1.54) is 11.1 Å². The Morgan fingerprint density at radius 2 is 1.68 bits per heavy atom. The van der Waals surface area contributed by atoms with Gasteiger partial charge in [-0.05, 0) is 35.2 Å². The molecule has 0 saturated heterocycles. The zero-order chi connectivity index (χ0) is 13.5. The van der Waals surface area contributed by atoms with Gasteiger partial charge >= 0.3 is 0 Å². The highest BCUT2D eigenvalue weighted by atomic mass is 14.9. The Kier molecular flexibility index (Phi) is 4.58. The van der Waals surface area contributed by atoms with Crippen molar-refractivity contribution in [3.63, 3.8) is 0 Å². The van der Waals surface area contributed by atoms with Crippen LogP contribution in [0.4, 0.5) is 5.69 Å². The number of hydrogen-bond acceptors (Lipinski definition) is 2. The van der Waals surface area contributed by atoms with Crippen molar-refractivity contribution < 1.29 is 0 Å². The van der Waals surface area contributed by atoms with Crippen LogP contribution in [0.3, 0.4) is 0 Å². The van der Waals surface area contributed by atoms with Crippen LogP contribution in [0.5, 0.6) is 0 Å². The molecule has 0 aromatic heterocycles. The minimum absolute atomic E-state index is 0.471. The van der Waals surface area contributed by atoms with Crippen molar-refractivity contribution in [2.75, 3.05) is 5.32 Å². The molecular weight excluding hydrogens is 232 g/mol. The van der Waals surface area contributed by atoms with Crippen LogP contribution < -0.4 is 5.32 Å². The van der Waals surface area contributed by atoms with Crippen LogP contribution in [0.2, 0.25) is 0 Å². The SMILES string of the molecule is CCc1ccccc1CNc1ccc(CC#N)cc1. The number of hydrogen-bond donors (Lipinski definition) is 1. The quantitative estimate of drug-likeness (QED) is 0.872. The molecule has 0 aliphatic heterocycles. The van der Waals surface area contributed by atoms with Gasteiger partial charge in [-0.25, -0.2) is 0 Å². The van der Waals surface area contributed by atoms with Crippen molar-refractivity contribution >= 4 is 5.69 Å². The highest BCUT2D eigenvalue weighted by Gasteiger charge is 1.99. The van der Waals surface area contributed by atoms with Gasteiger partial charge < -0.3 is 5.32 Å². The summed E-state index contributed by atoms with van der Waals surface area (Å²) < 4.78 is 0. The molecule has 0 amide bonds. The van der Waals surface area contributed by atoms with Crippen LogP contribution in [-0.4, -0.2) is 0 Å². The maximum Gasteiger partial charge on any atom is 0.0669 e. The Bertz CT molecular complexity index is 565. The summed E-state index contributed by atoms with van der Waals surface area (Å²) in [6, 6.07) is 18.7. The molecule has 2 rings (SSSR count). The molecule has 0 saturated carbocycles. The molecule has 0 bridgehead atoms. The number of nitrogens with one attached hydrogen (secondary N) is 1. The van der Waals surface area contributed by atoms with Crippen molar-refractivity contribution in [3.05, 3.63) is 65.2 Å². The van der Waals surface area contributed by atoms with Gasteiger partial charge in [0, 0.05) is 12.2 Å². The second-order valence-corrected chi connectivity index (χ2v) is 4.51. The molecule has 0 aliphatic carbocycles. The molecule has 0 fully saturated rings. The van der Waals surface area contributed by atoms with Crippen molar-refractivity contribution in [1.29, 1.82) is 5.26 Å². The molecule has 0 atom stereocenters. The molecule has 19 heavy (non-hydrogen) atoms. The highest BCUT2D eigenvalue weighted by Crippen LogP contribution is 2.14.